The fourth-order valence-corrected chi connectivity index (χ4v) is 3.44. The van der Waals surface area contributed by atoms with Crippen molar-refractivity contribution in [2.45, 2.75) is 24.0 Å². The first-order valence-corrected chi connectivity index (χ1v) is 5.25. The van der Waals surface area contributed by atoms with Crippen molar-refractivity contribution in [3.8, 4) is 0 Å². The van der Waals surface area contributed by atoms with Crippen LogP contribution in [0.25, 0.3) is 0 Å². The Balaban J connectivity index is 0.000000605. The smallest absolute Gasteiger partial charge is 0.0492 e. The van der Waals surface area contributed by atoms with Crippen molar-refractivity contribution >= 4 is 23.2 Å². The van der Waals surface area contributed by atoms with E-state index in [1.54, 1.807) is 0 Å². The molecule has 2 fully saturated rings. The van der Waals surface area contributed by atoms with E-state index in [0.29, 0.717) is 0 Å². The van der Waals surface area contributed by atoms with Gasteiger partial charge in [0.1, 0.15) is 0 Å². The van der Waals surface area contributed by atoms with Crippen molar-refractivity contribution < 1.29 is 4.21 Å². The second-order valence-electron chi connectivity index (χ2n) is 3.23. The van der Waals surface area contributed by atoms with Gasteiger partial charge in [-0.3, -0.25) is 4.21 Å². The minimum Gasteiger partial charge on any atom is -0.317 e. The van der Waals surface area contributed by atoms with Crippen molar-refractivity contribution in [1.29, 1.82) is 0 Å². The van der Waals surface area contributed by atoms with Crippen molar-refractivity contribution in [3.63, 3.8) is 0 Å². The Morgan fingerprint density at radius 2 is 1.82 bits per heavy atom. The van der Waals surface area contributed by atoms with Crippen LogP contribution in [0.5, 0.6) is 0 Å². The van der Waals surface area contributed by atoms with E-state index in [-0.39, 0.29) is 17.2 Å². The van der Waals surface area contributed by atoms with Gasteiger partial charge in [0.2, 0.25) is 0 Å². The van der Waals surface area contributed by atoms with Crippen molar-refractivity contribution in [1.82, 2.24) is 5.32 Å². The fraction of sp³-hybridized carbons (Fsp3) is 1.00. The number of halogens is 1. The van der Waals surface area contributed by atoms with Gasteiger partial charge in [0.25, 0.3) is 0 Å². The number of nitrogens with one attached hydrogen (secondary N) is 1. The zero-order valence-corrected chi connectivity index (χ0v) is 8.10. The van der Waals surface area contributed by atoms with Gasteiger partial charge in [-0.2, -0.15) is 0 Å². The molecule has 2 saturated heterocycles. The van der Waals surface area contributed by atoms with E-state index >= 15 is 0 Å². The third-order valence-corrected chi connectivity index (χ3v) is 4.89. The summed E-state index contributed by atoms with van der Waals surface area (Å²) in [7, 11) is -0.477. The molecule has 2 rings (SSSR count). The molecule has 4 heteroatoms. The van der Waals surface area contributed by atoms with Gasteiger partial charge < -0.3 is 5.32 Å². The zero-order valence-electron chi connectivity index (χ0n) is 6.47. The van der Waals surface area contributed by atoms with Crippen molar-refractivity contribution in [2.24, 2.45) is 0 Å². The molecule has 1 N–H and O–H groups in total. The lowest BCUT2D eigenvalue weighted by Crippen LogP contribution is -2.53. The summed E-state index contributed by atoms with van der Waals surface area (Å²) in [6.07, 6.45) is 3.49. The lowest BCUT2D eigenvalue weighted by Gasteiger charge is -2.43. The highest BCUT2D eigenvalue weighted by Crippen LogP contribution is 2.37. The molecule has 2 heterocycles. The van der Waals surface area contributed by atoms with E-state index < -0.39 is 10.8 Å². The molecule has 0 amide bonds. The van der Waals surface area contributed by atoms with Gasteiger partial charge in [-0.05, 0) is 32.4 Å². The van der Waals surface area contributed by atoms with Gasteiger partial charge in [-0.25, -0.2) is 0 Å². The Morgan fingerprint density at radius 1 is 1.18 bits per heavy atom. The molecule has 0 saturated carbocycles. The third-order valence-electron chi connectivity index (χ3n) is 2.74. The van der Waals surface area contributed by atoms with E-state index in [2.05, 4.69) is 5.32 Å². The summed E-state index contributed by atoms with van der Waals surface area (Å²) in [4.78, 5) is 0. The van der Waals surface area contributed by atoms with Crippen molar-refractivity contribution in [3.05, 3.63) is 0 Å². The second kappa shape index (κ2) is 3.42. The third kappa shape index (κ3) is 1.46. The quantitative estimate of drug-likeness (QED) is 0.616. The first kappa shape index (κ1) is 9.49. The lowest BCUT2D eigenvalue weighted by molar-refractivity contribution is 0.371. The zero-order chi connectivity index (χ0) is 7.03. The minimum atomic E-state index is -0.477. The Kier molecular flexibility index (Phi) is 2.95. The standard InChI is InChI=1S/C7H13NOS.ClH/c9-10-6-3-7(10)1-4-8-5-2-7;/h8H,1-6H2;1H. The Bertz CT molecular complexity index is 168. The number of rotatable bonds is 0. The average molecular weight is 196 g/mol. The molecule has 0 aromatic heterocycles. The maximum atomic E-state index is 11.3. The summed E-state index contributed by atoms with van der Waals surface area (Å²) in [5.41, 5.74) is 0. The fourth-order valence-electron chi connectivity index (χ4n) is 1.83. The molecular weight excluding hydrogens is 182 g/mol. The van der Waals surface area contributed by atoms with Gasteiger partial charge in [-0.15, -0.1) is 12.4 Å². The molecule has 1 spiro atoms. The van der Waals surface area contributed by atoms with Crippen LogP contribution in [-0.4, -0.2) is 27.8 Å². The molecule has 0 bridgehead atoms. The molecule has 2 aliphatic rings. The SMILES string of the molecule is Cl.O=S1CCC12CCNCC2. The molecule has 66 valence electrons. The van der Waals surface area contributed by atoms with Crippen molar-refractivity contribution in [2.75, 3.05) is 18.8 Å². The molecular formula is C7H14ClNOS. The van der Waals surface area contributed by atoms with E-state index in [1.165, 1.54) is 6.42 Å². The van der Waals surface area contributed by atoms with Crippen LogP contribution >= 0.6 is 12.4 Å². The van der Waals surface area contributed by atoms with Crippen LogP contribution in [-0.2, 0) is 10.8 Å². The lowest BCUT2D eigenvalue weighted by atomic mass is 9.93. The molecule has 0 aromatic rings. The Hall–Kier alpha value is 0.400. The largest absolute Gasteiger partial charge is 0.317 e. The second-order valence-corrected chi connectivity index (χ2v) is 5.20. The number of piperidine rings is 1. The molecule has 1 atom stereocenters. The van der Waals surface area contributed by atoms with Crippen LogP contribution in [0.4, 0.5) is 0 Å². The molecule has 0 aliphatic carbocycles. The molecule has 2 aliphatic heterocycles. The number of hydrogen-bond donors (Lipinski definition) is 1. The van der Waals surface area contributed by atoms with E-state index in [0.717, 1.165) is 31.7 Å². The molecule has 2 nitrogen and oxygen atoms in total. The van der Waals surface area contributed by atoms with Gasteiger partial charge in [0, 0.05) is 21.3 Å². The molecule has 0 radical (unpaired) electrons. The molecule has 11 heavy (non-hydrogen) atoms. The maximum absolute atomic E-state index is 11.3. The highest BCUT2D eigenvalue weighted by molar-refractivity contribution is 7.87. The summed E-state index contributed by atoms with van der Waals surface area (Å²) >= 11 is 0. The molecule has 0 aromatic carbocycles. The summed E-state index contributed by atoms with van der Waals surface area (Å²) in [6, 6.07) is 0. The summed E-state index contributed by atoms with van der Waals surface area (Å²) in [5.74, 6) is 0.958. The molecule has 1 unspecified atom stereocenters. The van der Waals surface area contributed by atoms with Crippen LogP contribution in [0.3, 0.4) is 0 Å². The summed E-state index contributed by atoms with van der Waals surface area (Å²) in [6.45, 7) is 2.15. The summed E-state index contributed by atoms with van der Waals surface area (Å²) in [5, 5.41) is 3.29. The van der Waals surface area contributed by atoms with Crippen LogP contribution in [0, 0.1) is 0 Å². The first-order valence-electron chi connectivity index (χ1n) is 3.93. The highest BCUT2D eigenvalue weighted by Gasteiger charge is 2.44. The van der Waals surface area contributed by atoms with Gasteiger partial charge >= 0.3 is 0 Å². The van der Waals surface area contributed by atoms with Gasteiger partial charge in [0.05, 0.1) is 0 Å². The predicted molar refractivity (Wildman–Crippen MR) is 49.7 cm³/mol. The maximum Gasteiger partial charge on any atom is 0.0492 e. The summed E-state index contributed by atoms with van der Waals surface area (Å²) < 4.78 is 11.6. The van der Waals surface area contributed by atoms with Crippen LogP contribution in [0.2, 0.25) is 0 Å². The monoisotopic (exact) mass is 195 g/mol. The Labute approximate surface area is 76.0 Å². The van der Waals surface area contributed by atoms with Gasteiger partial charge in [0.15, 0.2) is 0 Å². The predicted octanol–water partition coefficient (Wildman–Crippen LogP) is 0.683. The van der Waals surface area contributed by atoms with E-state index in [9.17, 15) is 4.21 Å². The van der Waals surface area contributed by atoms with E-state index in [1.807, 2.05) is 0 Å². The highest BCUT2D eigenvalue weighted by atomic mass is 35.5. The first-order chi connectivity index (χ1) is 4.83. The Morgan fingerprint density at radius 3 is 2.09 bits per heavy atom. The average Bonchev–Trinajstić information content (AvgIpc) is 2.04. The topological polar surface area (TPSA) is 29.1 Å². The van der Waals surface area contributed by atoms with Crippen LogP contribution in [0.1, 0.15) is 19.3 Å². The number of hydrogen-bond acceptors (Lipinski definition) is 2. The minimum absolute atomic E-state index is 0. The van der Waals surface area contributed by atoms with E-state index in [4.69, 9.17) is 0 Å². The van der Waals surface area contributed by atoms with Crippen LogP contribution < -0.4 is 5.32 Å². The normalized spacial score (nSPS) is 34.0. The van der Waals surface area contributed by atoms with Crippen LogP contribution in [0.15, 0.2) is 0 Å². The van der Waals surface area contributed by atoms with Gasteiger partial charge in [-0.1, -0.05) is 0 Å².